The summed E-state index contributed by atoms with van der Waals surface area (Å²) >= 11 is 5.72. The van der Waals surface area contributed by atoms with Gasteiger partial charge in [-0.3, -0.25) is 5.41 Å². The Balaban J connectivity index is 1.62. The first-order chi connectivity index (χ1) is 17.0. The number of ether oxygens (including phenoxy) is 3. The molecule has 8 nitrogen and oxygen atoms in total. The molecule has 2 fully saturated rings. The van der Waals surface area contributed by atoms with E-state index in [0.29, 0.717) is 0 Å². The van der Waals surface area contributed by atoms with E-state index in [2.05, 4.69) is 10.3 Å². The van der Waals surface area contributed by atoms with E-state index in [1.54, 1.807) is 24.3 Å². The molecule has 13 heteroatoms. The number of hydrogen-bond acceptors (Lipinski definition) is 6. The Bertz CT molecular complexity index is 1150. The summed E-state index contributed by atoms with van der Waals surface area (Å²) in [7, 11) is 0. The summed E-state index contributed by atoms with van der Waals surface area (Å²) in [5.41, 5.74) is 5.01. The van der Waals surface area contributed by atoms with Gasteiger partial charge in [-0.05, 0) is 19.1 Å². The van der Waals surface area contributed by atoms with Crippen molar-refractivity contribution in [2.75, 3.05) is 11.9 Å². The van der Waals surface area contributed by atoms with Gasteiger partial charge in [-0.2, -0.15) is 13.2 Å². The third kappa shape index (κ3) is 5.53. The topological polar surface area (TPSA) is 122 Å². The van der Waals surface area contributed by atoms with Crippen LogP contribution >= 0.6 is 11.6 Å². The van der Waals surface area contributed by atoms with Crippen molar-refractivity contribution in [3.63, 3.8) is 0 Å². The smallest absolute Gasteiger partial charge is 0.388 e. The Hall–Kier alpha value is -2.61. The number of nitrogens with zero attached hydrogens (tertiary/aromatic N) is 1. The van der Waals surface area contributed by atoms with E-state index in [0.717, 1.165) is 11.6 Å². The molecule has 2 saturated heterocycles. The first kappa shape index (κ1) is 26.5. The molecule has 0 aromatic heterocycles. The van der Waals surface area contributed by atoms with Gasteiger partial charge in [0.2, 0.25) is 0 Å². The van der Waals surface area contributed by atoms with Crippen LogP contribution in [0.5, 0.6) is 0 Å². The van der Waals surface area contributed by atoms with Crippen LogP contribution in [-0.2, 0) is 20.4 Å². The number of rotatable bonds is 3. The average Bonchev–Trinajstić information content (AvgIpc) is 2.82. The van der Waals surface area contributed by atoms with Gasteiger partial charge in [0.25, 0.3) is 0 Å². The summed E-state index contributed by atoms with van der Waals surface area (Å²) in [5.74, 6) is -1.91. The fourth-order valence-electron chi connectivity index (χ4n) is 4.04. The van der Waals surface area contributed by atoms with Gasteiger partial charge in [0, 0.05) is 5.56 Å². The predicted molar refractivity (Wildman–Crippen MR) is 124 cm³/mol. The zero-order valence-electron chi connectivity index (χ0n) is 18.8. The summed E-state index contributed by atoms with van der Waals surface area (Å²) in [6.07, 6.45) is -10.2. The number of fused-ring (bicyclic) bond motifs is 1. The first-order valence-corrected chi connectivity index (χ1v) is 11.2. The second-order valence-corrected chi connectivity index (χ2v) is 8.76. The molecule has 2 aliphatic rings. The Morgan fingerprint density at radius 1 is 1.22 bits per heavy atom. The fraction of sp³-hybridized carbons (Fsp3) is 0.391. The van der Waals surface area contributed by atoms with Crippen molar-refractivity contribution < 1.29 is 36.9 Å². The number of hydrogen-bond donors (Lipinski definition) is 4. The molecule has 2 aromatic rings. The van der Waals surface area contributed by atoms with E-state index >= 15 is 0 Å². The summed E-state index contributed by atoms with van der Waals surface area (Å²) in [6, 6.07) is 8.98. The fourth-order valence-corrected chi connectivity index (χ4v) is 4.21. The third-order valence-corrected chi connectivity index (χ3v) is 6.01. The van der Waals surface area contributed by atoms with Crippen LogP contribution in [0, 0.1) is 11.2 Å². The molecule has 2 aromatic carbocycles. The maximum atomic E-state index is 13.8. The molecule has 0 aliphatic carbocycles. The minimum atomic E-state index is -4.94. The van der Waals surface area contributed by atoms with Crippen molar-refractivity contribution in [1.82, 2.24) is 0 Å². The summed E-state index contributed by atoms with van der Waals surface area (Å²) < 4.78 is 72.2. The van der Waals surface area contributed by atoms with Crippen molar-refractivity contribution >= 4 is 29.0 Å². The number of alkyl halides is 3. The molecule has 0 radical (unpaired) electrons. The number of halogens is 5. The van der Waals surface area contributed by atoms with Crippen molar-refractivity contribution in [1.29, 1.82) is 5.41 Å². The van der Waals surface area contributed by atoms with Gasteiger partial charge >= 0.3 is 6.18 Å². The predicted octanol–water partition coefficient (Wildman–Crippen LogP) is 3.88. The number of nitrogens with one attached hydrogen (secondary N) is 2. The van der Waals surface area contributed by atoms with Crippen LogP contribution < -0.4 is 11.1 Å². The molecule has 6 unspecified atom stereocenters. The van der Waals surface area contributed by atoms with Gasteiger partial charge in [0.05, 0.1) is 28.9 Å². The van der Waals surface area contributed by atoms with Crippen molar-refractivity contribution in [3.8, 4) is 0 Å². The number of benzene rings is 2. The molecule has 5 N–H and O–H groups in total. The van der Waals surface area contributed by atoms with Crippen LogP contribution in [0.25, 0.3) is 0 Å². The summed E-state index contributed by atoms with van der Waals surface area (Å²) in [6.45, 7) is 1.29. The number of aliphatic hydroxyl groups is 1. The Labute approximate surface area is 208 Å². The van der Waals surface area contributed by atoms with Gasteiger partial charge in [-0.15, -0.1) is 0 Å². The zero-order chi connectivity index (χ0) is 26.2. The summed E-state index contributed by atoms with van der Waals surface area (Å²) in [4.78, 5) is 3.92. The van der Waals surface area contributed by atoms with Gasteiger partial charge in [-0.25, -0.2) is 9.38 Å². The molecule has 2 heterocycles. The van der Waals surface area contributed by atoms with Crippen molar-refractivity contribution in [2.45, 2.75) is 49.8 Å². The molecular formula is C23H23ClF4N4O4. The lowest BCUT2D eigenvalue weighted by Crippen LogP contribution is -2.67. The molecule has 0 bridgehead atoms. The zero-order valence-corrected chi connectivity index (χ0v) is 19.6. The van der Waals surface area contributed by atoms with Crippen molar-refractivity contribution in [3.05, 3.63) is 64.4 Å². The molecule has 0 amide bonds. The maximum absolute atomic E-state index is 13.8. The van der Waals surface area contributed by atoms with E-state index in [1.807, 2.05) is 6.07 Å². The van der Waals surface area contributed by atoms with Crippen molar-refractivity contribution in [2.24, 2.45) is 10.7 Å². The van der Waals surface area contributed by atoms with Crippen LogP contribution in [0.3, 0.4) is 0 Å². The largest absolute Gasteiger partial charge is 0.418 e. The maximum Gasteiger partial charge on any atom is 0.418 e. The highest BCUT2D eigenvalue weighted by atomic mass is 35.5. The lowest BCUT2D eigenvalue weighted by molar-refractivity contribution is -0.299. The minimum absolute atomic E-state index is 0.00811. The molecule has 4 rings (SSSR count). The van der Waals surface area contributed by atoms with Gasteiger partial charge in [-0.1, -0.05) is 41.9 Å². The highest BCUT2D eigenvalue weighted by Gasteiger charge is 2.49. The third-order valence-electron chi connectivity index (χ3n) is 5.72. The van der Waals surface area contributed by atoms with E-state index < -0.39 is 65.0 Å². The van der Waals surface area contributed by atoms with E-state index in [9.17, 15) is 22.7 Å². The lowest BCUT2D eigenvalue weighted by Gasteiger charge is -2.47. The summed E-state index contributed by atoms with van der Waals surface area (Å²) in [5, 5.41) is 20.5. The van der Waals surface area contributed by atoms with E-state index in [4.69, 9.17) is 37.0 Å². The monoisotopic (exact) mass is 530 g/mol. The standard InChI is InChI=1S/C23H23ClF4N4O4/c1-10(29)31-21(32-15-8-13(24)14(25)7-12(15)23(26,27)28)20-18(33)17(30)19-16(35-20)9-34-22(36-19)11-5-3-2-4-6-11/h2-8,16-20,22,33H,9,30H2,1H3,(H2,29,31,32). The molecule has 6 atom stereocenters. The van der Waals surface area contributed by atoms with Crippen LogP contribution in [0.2, 0.25) is 5.02 Å². The normalized spacial score (nSPS) is 28.9. The first-order valence-electron chi connectivity index (χ1n) is 10.8. The molecule has 194 valence electrons. The van der Waals surface area contributed by atoms with Crippen LogP contribution in [0.1, 0.15) is 24.3 Å². The number of aliphatic hydroxyl groups excluding tert-OH is 1. The van der Waals surface area contributed by atoms with Crippen LogP contribution in [0.15, 0.2) is 47.5 Å². The highest BCUT2D eigenvalue weighted by Crippen LogP contribution is 2.39. The van der Waals surface area contributed by atoms with E-state index in [-0.39, 0.29) is 24.3 Å². The highest BCUT2D eigenvalue weighted by molar-refractivity contribution is 6.31. The average molecular weight is 531 g/mol. The number of anilines is 1. The second kappa shape index (κ2) is 10.4. The SMILES string of the molecule is CC(=N)/N=C(\Nc1cc(Cl)c(F)cc1C(F)(F)F)C1OC2COC(c3ccccc3)OC2C(N)C1O. The molecule has 2 aliphatic heterocycles. The molecular weight excluding hydrogens is 508 g/mol. The molecule has 36 heavy (non-hydrogen) atoms. The number of nitrogens with two attached hydrogens (primary N) is 1. The van der Waals surface area contributed by atoms with Gasteiger partial charge < -0.3 is 30.4 Å². The van der Waals surface area contributed by atoms with Gasteiger partial charge in [0.15, 0.2) is 6.29 Å². The Kier molecular flexibility index (Phi) is 7.64. The second-order valence-electron chi connectivity index (χ2n) is 8.36. The Morgan fingerprint density at radius 3 is 2.56 bits per heavy atom. The van der Waals surface area contributed by atoms with E-state index in [1.165, 1.54) is 6.92 Å². The van der Waals surface area contributed by atoms with Gasteiger partial charge in [0.1, 0.15) is 41.9 Å². The molecule has 0 spiro atoms. The Morgan fingerprint density at radius 2 is 1.92 bits per heavy atom. The number of amidine groups is 2. The van der Waals surface area contributed by atoms with Crippen LogP contribution in [0.4, 0.5) is 23.2 Å². The minimum Gasteiger partial charge on any atom is -0.388 e. The number of aliphatic imine (C=N–C) groups is 1. The lowest BCUT2D eigenvalue weighted by atomic mass is 9.91. The quantitative estimate of drug-likeness (QED) is 0.271. The van der Waals surface area contributed by atoms with Crippen LogP contribution in [-0.4, -0.2) is 53.8 Å². The molecule has 0 saturated carbocycles.